The Balaban J connectivity index is 1.83. The number of benzene rings is 2. The molecular weight excluding hydrogens is 256 g/mol. The molecule has 0 atom stereocenters. The fraction of sp³-hybridized carbons (Fsp3) is 0.158. The first kappa shape index (κ1) is 12.3. The molecule has 0 aliphatic heterocycles. The van der Waals surface area contributed by atoms with Crippen molar-refractivity contribution < 1.29 is 0 Å². The molecule has 0 saturated carbocycles. The van der Waals surface area contributed by atoms with Gasteiger partial charge in [0.2, 0.25) is 0 Å². The Morgan fingerprint density at radius 2 is 1.19 bits per heavy atom. The predicted octanol–water partition coefficient (Wildman–Crippen LogP) is 4.86. The van der Waals surface area contributed by atoms with Crippen LogP contribution in [0.25, 0.3) is 21.8 Å². The molecule has 0 spiro atoms. The van der Waals surface area contributed by atoms with E-state index in [0.29, 0.717) is 0 Å². The number of para-hydroxylation sites is 2. The van der Waals surface area contributed by atoms with Crippen LogP contribution in [0.15, 0.2) is 48.8 Å². The van der Waals surface area contributed by atoms with E-state index in [9.17, 15) is 0 Å². The van der Waals surface area contributed by atoms with Crippen LogP contribution < -0.4 is 0 Å². The van der Waals surface area contributed by atoms with E-state index < -0.39 is 0 Å². The van der Waals surface area contributed by atoms with Crippen LogP contribution in [-0.2, 0) is 6.42 Å². The van der Waals surface area contributed by atoms with Gasteiger partial charge in [-0.1, -0.05) is 36.4 Å². The molecule has 0 aliphatic rings. The maximum Gasteiger partial charge on any atom is 0.0486 e. The summed E-state index contributed by atoms with van der Waals surface area (Å²) in [5.74, 6) is 0. The third-order valence-corrected chi connectivity index (χ3v) is 4.40. The van der Waals surface area contributed by atoms with Crippen molar-refractivity contribution >= 4 is 21.8 Å². The number of rotatable bonds is 2. The molecule has 104 valence electrons. The largest absolute Gasteiger partial charge is 0.361 e. The second kappa shape index (κ2) is 4.52. The number of aromatic amines is 2. The van der Waals surface area contributed by atoms with Crippen molar-refractivity contribution in [2.24, 2.45) is 0 Å². The zero-order valence-corrected chi connectivity index (χ0v) is 12.3. The average molecular weight is 274 g/mol. The summed E-state index contributed by atoms with van der Waals surface area (Å²) in [7, 11) is 0. The van der Waals surface area contributed by atoms with Crippen molar-refractivity contribution in [2.45, 2.75) is 20.3 Å². The van der Waals surface area contributed by atoms with Gasteiger partial charge < -0.3 is 9.97 Å². The molecule has 2 heteroatoms. The smallest absolute Gasteiger partial charge is 0.0486 e. The van der Waals surface area contributed by atoms with E-state index in [-0.39, 0.29) is 0 Å². The number of hydrogen-bond donors (Lipinski definition) is 2. The first-order chi connectivity index (χ1) is 10.2. The Hall–Kier alpha value is -2.48. The molecule has 4 rings (SSSR count). The van der Waals surface area contributed by atoms with Crippen LogP contribution in [0, 0.1) is 13.8 Å². The Kier molecular flexibility index (Phi) is 2.64. The Bertz CT molecular complexity index is 863. The lowest BCUT2D eigenvalue weighted by Gasteiger charge is -2.01. The molecule has 0 unspecified atom stereocenters. The van der Waals surface area contributed by atoms with Crippen molar-refractivity contribution in [3.63, 3.8) is 0 Å². The first-order valence-electron chi connectivity index (χ1n) is 7.35. The number of hydrogen-bond acceptors (Lipinski definition) is 0. The Labute approximate surface area is 123 Å². The molecular formula is C19H18N2. The third-order valence-electron chi connectivity index (χ3n) is 4.40. The number of aromatic nitrogens is 2. The Morgan fingerprint density at radius 3 is 1.67 bits per heavy atom. The highest BCUT2D eigenvalue weighted by atomic mass is 14.7. The number of fused-ring (bicyclic) bond motifs is 2. The second-order valence-electron chi connectivity index (χ2n) is 5.80. The average Bonchev–Trinajstić information content (AvgIpc) is 3.07. The van der Waals surface area contributed by atoms with Crippen molar-refractivity contribution in [2.75, 3.05) is 0 Å². The first-order valence-corrected chi connectivity index (χ1v) is 7.35. The third kappa shape index (κ3) is 1.87. The van der Waals surface area contributed by atoms with Crippen LogP contribution in [0.3, 0.4) is 0 Å². The summed E-state index contributed by atoms with van der Waals surface area (Å²) in [4.78, 5) is 6.84. The van der Waals surface area contributed by atoms with Gasteiger partial charge in [0.15, 0.2) is 0 Å². The van der Waals surface area contributed by atoms with Crippen LogP contribution in [0.1, 0.15) is 22.3 Å². The minimum absolute atomic E-state index is 0.951. The van der Waals surface area contributed by atoms with Crippen molar-refractivity contribution in [3.05, 3.63) is 71.0 Å². The molecule has 0 fully saturated rings. The maximum atomic E-state index is 3.42. The molecule has 2 N–H and O–H groups in total. The van der Waals surface area contributed by atoms with E-state index >= 15 is 0 Å². The van der Waals surface area contributed by atoms with E-state index in [0.717, 1.165) is 6.42 Å². The minimum Gasteiger partial charge on any atom is -0.361 e. The Morgan fingerprint density at radius 1 is 0.714 bits per heavy atom. The molecule has 2 aromatic carbocycles. The van der Waals surface area contributed by atoms with Gasteiger partial charge in [-0.15, -0.1) is 0 Å². The maximum absolute atomic E-state index is 3.42. The van der Waals surface area contributed by atoms with Crippen LogP contribution >= 0.6 is 0 Å². The topological polar surface area (TPSA) is 31.6 Å². The molecule has 0 bridgehead atoms. The van der Waals surface area contributed by atoms with Gasteiger partial charge in [-0.2, -0.15) is 0 Å². The summed E-state index contributed by atoms with van der Waals surface area (Å²) >= 11 is 0. The predicted molar refractivity (Wildman–Crippen MR) is 88.9 cm³/mol. The fourth-order valence-electron chi connectivity index (χ4n) is 3.23. The van der Waals surface area contributed by atoms with Crippen LogP contribution in [0.2, 0.25) is 0 Å². The monoisotopic (exact) mass is 274 g/mol. The van der Waals surface area contributed by atoms with E-state index in [4.69, 9.17) is 0 Å². The van der Waals surface area contributed by atoms with Gasteiger partial charge in [-0.05, 0) is 36.1 Å². The number of H-pyrrole nitrogens is 2. The summed E-state index contributed by atoms with van der Waals surface area (Å²) in [5, 5.41) is 2.66. The van der Waals surface area contributed by atoms with Gasteiger partial charge in [0, 0.05) is 40.6 Å². The van der Waals surface area contributed by atoms with E-state index in [1.165, 1.54) is 44.1 Å². The second-order valence-corrected chi connectivity index (χ2v) is 5.80. The summed E-state index contributed by atoms with van der Waals surface area (Å²) in [6.07, 6.45) is 5.24. The molecule has 0 radical (unpaired) electrons. The van der Waals surface area contributed by atoms with Gasteiger partial charge in [-0.3, -0.25) is 0 Å². The lowest BCUT2D eigenvalue weighted by molar-refractivity contribution is 1.22. The van der Waals surface area contributed by atoms with Crippen LogP contribution in [0.5, 0.6) is 0 Å². The van der Waals surface area contributed by atoms with Gasteiger partial charge >= 0.3 is 0 Å². The van der Waals surface area contributed by atoms with Gasteiger partial charge in [-0.25, -0.2) is 0 Å². The highest BCUT2D eigenvalue weighted by molar-refractivity contribution is 5.89. The van der Waals surface area contributed by atoms with E-state index in [1.807, 2.05) is 0 Å². The lowest BCUT2D eigenvalue weighted by Crippen LogP contribution is -1.85. The molecule has 0 saturated heterocycles. The standard InChI is InChI=1S/C19H18N2/c1-12-5-3-7-16-14(10-20-18(12)16)9-15-11-21-19-13(2)6-4-8-17(15)19/h3-8,10-11,20-21H,9H2,1-2H3. The fourth-order valence-corrected chi connectivity index (χ4v) is 3.23. The molecule has 2 nitrogen and oxygen atoms in total. The normalized spacial score (nSPS) is 11.5. The van der Waals surface area contributed by atoms with E-state index in [2.05, 4.69) is 72.6 Å². The highest BCUT2D eigenvalue weighted by Gasteiger charge is 2.10. The summed E-state index contributed by atoms with van der Waals surface area (Å²) < 4.78 is 0. The molecule has 2 heterocycles. The summed E-state index contributed by atoms with van der Waals surface area (Å²) in [6, 6.07) is 13.0. The summed E-state index contributed by atoms with van der Waals surface area (Å²) in [5.41, 5.74) is 7.82. The van der Waals surface area contributed by atoms with Gasteiger partial charge in [0.05, 0.1) is 0 Å². The molecule has 0 aliphatic carbocycles. The SMILES string of the molecule is Cc1cccc2c(Cc3c[nH]c4c(C)cccc34)c[nH]c12. The lowest BCUT2D eigenvalue weighted by atomic mass is 10.0. The zero-order valence-electron chi connectivity index (χ0n) is 12.3. The van der Waals surface area contributed by atoms with Crippen molar-refractivity contribution in [1.29, 1.82) is 0 Å². The number of aryl methyl sites for hydroxylation is 2. The van der Waals surface area contributed by atoms with Crippen LogP contribution in [-0.4, -0.2) is 9.97 Å². The quantitative estimate of drug-likeness (QED) is 0.523. The molecule has 4 aromatic rings. The van der Waals surface area contributed by atoms with E-state index in [1.54, 1.807) is 0 Å². The van der Waals surface area contributed by atoms with Gasteiger partial charge in [0.25, 0.3) is 0 Å². The summed E-state index contributed by atoms with van der Waals surface area (Å²) in [6.45, 7) is 4.30. The molecule has 0 amide bonds. The van der Waals surface area contributed by atoms with Crippen molar-refractivity contribution in [3.8, 4) is 0 Å². The van der Waals surface area contributed by atoms with Crippen LogP contribution in [0.4, 0.5) is 0 Å². The minimum atomic E-state index is 0.951. The highest BCUT2D eigenvalue weighted by Crippen LogP contribution is 2.27. The van der Waals surface area contributed by atoms with Crippen molar-refractivity contribution in [1.82, 2.24) is 9.97 Å². The zero-order chi connectivity index (χ0) is 14.4. The number of nitrogens with one attached hydrogen (secondary N) is 2. The molecule has 2 aromatic heterocycles. The van der Waals surface area contributed by atoms with Gasteiger partial charge in [0.1, 0.15) is 0 Å². The molecule has 21 heavy (non-hydrogen) atoms.